The Labute approximate surface area is 201 Å². The zero-order chi connectivity index (χ0) is 24.2. The molecule has 34 heavy (non-hydrogen) atoms. The predicted molar refractivity (Wildman–Crippen MR) is 135 cm³/mol. The van der Waals surface area contributed by atoms with Crippen molar-refractivity contribution in [2.75, 3.05) is 10.6 Å². The number of hydrogen-bond acceptors (Lipinski definition) is 4. The number of halogens is 1. The van der Waals surface area contributed by atoms with E-state index >= 15 is 0 Å². The van der Waals surface area contributed by atoms with Crippen molar-refractivity contribution in [2.45, 2.75) is 26.3 Å². The minimum absolute atomic E-state index is 0.150. The number of benzene rings is 3. The van der Waals surface area contributed by atoms with Crippen molar-refractivity contribution in [2.24, 2.45) is 0 Å². The second-order valence-electron chi connectivity index (χ2n) is 7.77. The first-order valence-electron chi connectivity index (χ1n) is 10.8. The predicted octanol–water partition coefficient (Wildman–Crippen LogP) is 5.27. The number of carbonyl (C=O) groups excluding carboxylic acids is 2. The van der Waals surface area contributed by atoms with Gasteiger partial charge in [-0.1, -0.05) is 54.9 Å². The standard InChI is InChI=1S/C26H23ClN4O3/c1-3-22(25(33)29-18-10-8-9-17(27)15-18)31-23-14-7-6-13-21(23)30-24(26(31)34)19-11-4-5-12-20(19)28-16(2)32/h4-15,22H,3H2,1-2H3,(H,28,32)(H,29,33)/t22-/m0/s1. The van der Waals surface area contributed by atoms with Gasteiger partial charge in [0.1, 0.15) is 11.7 Å². The zero-order valence-corrected chi connectivity index (χ0v) is 19.5. The first-order chi connectivity index (χ1) is 16.4. The van der Waals surface area contributed by atoms with Gasteiger partial charge in [-0.3, -0.25) is 19.0 Å². The summed E-state index contributed by atoms with van der Waals surface area (Å²) in [6, 6.07) is 20.2. The van der Waals surface area contributed by atoms with Crippen LogP contribution in [-0.2, 0) is 9.59 Å². The number of nitrogens with zero attached hydrogens (tertiary/aromatic N) is 2. The fourth-order valence-electron chi connectivity index (χ4n) is 3.90. The van der Waals surface area contributed by atoms with Crippen molar-refractivity contribution in [3.05, 3.63) is 88.2 Å². The van der Waals surface area contributed by atoms with Gasteiger partial charge in [0, 0.05) is 23.2 Å². The highest BCUT2D eigenvalue weighted by molar-refractivity contribution is 6.30. The molecule has 4 aromatic rings. The number of carbonyl (C=O) groups is 2. The van der Waals surface area contributed by atoms with Crippen molar-refractivity contribution in [1.82, 2.24) is 9.55 Å². The molecule has 0 saturated heterocycles. The van der Waals surface area contributed by atoms with Crippen LogP contribution in [0.3, 0.4) is 0 Å². The number of amides is 2. The van der Waals surface area contributed by atoms with E-state index in [4.69, 9.17) is 11.6 Å². The first kappa shape index (κ1) is 23.2. The SMILES string of the molecule is CC[C@@H](C(=O)Nc1cccc(Cl)c1)n1c(=O)c(-c2ccccc2NC(C)=O)nc2ccccc21. The van der Waals surface area contributed by atoms with Gasteiger partial charge in [0.25, 0.3) is 5.56 Å². The average Bonchev–Trinajstić information content (AvgIpc) is 2.81. The molecule has 2 amide bonds. The molecule has 0 aliphatic heterocycles. The molecule has 7 nitrogen and oxygen atoms in total. The number of aromatic nitrogens is 2. The van der Waals surface area contributed by atoms with Crippen LogP contribution in [0.25, 0.3) is 22.3 Å². The van der Waals surface area contributed by atoms with E-state index in [1.165, 1.54) is 11.5 Å². The minimum atomic E-state index is -0.800. The summed E-state index contributed by atoms with van der Waals surface area (Å²) in [6.07, 6.45) is 0.368. The van der Waals surface area contributed by atoms with Crippen LogP contribution in [-0.4, -0.2) is 21.4 Å². The Morgan fingerprint density at radius 3 is 2.47 bits per heavy atom. The molecule has 0 bridgehead atoms. The summed E-state index contributed by atoms with van der Waals surface area (Å²) in [6.45, 7) is 3.24. The largest absolute Gasteiger partial charge is 0.326 e. The van der Waals surface area contributed by atoms with Crippen LogP contribution < -0.4 is 16.2 Å². The van der Waals surface area contributed by atoms with E-state index < -0.39 is 11.6 Å². The number of fused-ring (bicyclic) bond motifs is 1. The third kappa shape index (κ3) is 4.70. The van der Waals surface area contributed by atoms with Crippen molar-refractivity contribution in [3.63, 3.8) is 0 Å². The Hall–Kier alpha value is -3.97. The van der Waals surface area contributed by atoms with Crippen LogP contribution in [0.5, 0.6) is 0 Å². The molecule has 8 heteroatoms. The number of rotatable bonds is 6. The van der Waals surface area contributed by atoms with Gasteiger partial charge in [-0.15, -0.1) is 0 Å². The fourth-order valence-corrected chi connectivity index (χ4v) is 4.09. The van der Waals surface area contributed by atoms with Gasteiger partial charge >= 0.3 is 0 Å². The third-order valence-corrected chi connectivity index (χ3v) is 5.62. The van der Waals surface area contributed by atoms with E-state index in [-0.39, 0.29) is 17.5 Å². The molecule has 1 aromatic heterocycles. The van der Waals surface area contributed by atoms with Crippen LogP contribution in [0, 0.1) is 0 Å². The van der Waals surface area contributed by atoms with Gasteiger partial charge in [0.2, 0.25) is 11.8 Å². The number of hydrogen-bond donors (Lipinski definition) is 2. The molecule has 1 atom stereocenters. The molecule has 0 fully saturated rings. The van der Waals surface area contributed by atoms with Gasteiger partial charge in [-0.25, -0.2) is 4.98 Å². The number of nitrogens with one attached hydrogen (secondary N) is 2. The number of para-hydroxylation sites is 3. The molecular formula is C26H23ClN4O3. The highest BCUT2D eigenvalue weighted by atomic mass is 35.5. The first-order valence-corrected chi connectivity index (χ1v) is 11.2. The molecule has 0 radical (unpaired) electrons. The number of anilines is 2. The Morgan fingerprint density at radius 2 is 1.74 bits per heavy atom. The highest BCUT2D eigenvalue weighted by Gasteiger charge is 2.25. The molecule has 2 N–H and O–H groups in total. The van der Waals surface area contributed by atoms with Gasteiger partial charge in [0.05, 0.1) is 16.7 Å². The van der Waals surface area contributed by atoms with E-state index in [0.29, 0.717) is 39.4 Å². The molecule has 0 spiro atoms. The minimum Gasteiger partial charge on any atom is -0.326 e. The average molecular weight is 475 g/mol. The van der Waals surface area contributed by atoms with Crippen molar-refractivity contribution in [1.29, 1.82) is 0 Å². The molecule has 0 aliphatic carbocycles. The zero-order valence-electron chi connectivity index (χ0n) is 18.7. The van der Waals surface area contributed by atoms with Crippen LogP contribution in [0.1, 0.15) is 26.3 Å². The van der Waals surface area contributed by atoms with E-state index in [2.05, 4.69) is 15.6 Å². The molecular weight excluding hydrogens is 452 g/mol. The van der Waals surface area contributed by atoms with Gasteiger partial charge in [-0.2, -0.15) is 0 Å². The van der Waals surface area contributed by atoms with Gasteiger partial charge < -0.3 is 10.6 Å². The molecule has 0 saturated carbocycles. The molecule has 0 unspecified atom stereocenters. The smallest absolute Gasteiger partial charge is 0.278 e. The Bertz CT molecular complexity index is 1450. The van der Waals surface area contributed by atoms with Crippen LogP contribution in [0.4, 0.5) is 11.4 Å². The molecule has 3 aromatic carbocycles. The van der Waals surface area contributed by atoms with E-state index in [0.717, 1.165) is 0 Å². The Morgan fingerprint density at radius 1 is 1.00 bits per heavy atom. The summed E-state index contributed by atoms with van der Waals surface area (Å²) in [4.78, 5) is 43.5. The maximum atomic E-state index is 13.8. The molecule has 172 valence electrons. The lowest BCUT2D eigenvalue weighted by atomic mass is 10.1. The van der Waals surface area contributed by atoms with Crippen LogP contribution in [0.15, 0.2) is 77.6 Å². The summed E-state index contributed by atoms with van der Waals surface area (Å²) in [7, 11) is 0. The Kier molecular flexibility index (Phi) is 6.75. The van der Waals surface area contributed by atoms with Crippen LogP contribution in [0.2, 0.25) is 5.02 Å². The van der Waals surface area contributed by atoms with Crippen molar-refractivity contribution >= 4 is 45.8 Å². The molecule has 4 rings (SSSR count). The quantitative estimate of drug-likeness (QED) is 0.398. The fraction of sp³-hybridized carbons (Fsp3) is 0.154. The lowest BCUT2D eigenvalue weighted by molar-refractivity contribution is -0.119. The molecule has 0 aliphatic rings. The second kappa shape index (κ2) is 9.89. The summed E-state index contributed by atoms with van der Waals surface area (Å²) < 4.78 is 1.47. The van der Waals surface area contributed by atoms with Crippen molar-refractivity contribution in [3.8, 4) is 11.3 Å². The lowest BCUT2D eigenvalue weighted by Crippen LogP contribution is -2.34. The van der Waals surface area contributed by atoms with Crippen LogP contribution >= 0.6 is 11.6 Å². The van der Waals surface area contributed by atoms with E-state index in [1.807, 2.05) is 13.0 Å². The topological polar surface area (TPSA) is 93.1 Å². The monoisotopic (exact) mass is 474 g/mol. The van der Waals surface area contributed by atoms with Crippen molar-refractivity contribution < 1.29 is 9.59 Å². The summed E-state index contributed by atoms with van der Waals surface area (Å²) in [5.74, 6) is -0.606. The maximum absolute atomic E-state index is 13.8. The van der Waals surface area contributed by atoms with Gasteiger partial charge in [-0.05, 0) is 42.8 Å². The highest BCUT2D eigenvalue weighted by Crippen LogP contribution is 2.27. The summed E-state index contributed by atoms with van der Waals surface area (Å²) >= 11 is 6.06. The normalized spacial score (nSPS) is 11.7. The maximum Gasteiger partial charge on any atom is 0.278 e. The Balaban J connectivity index is 1.89. The van der Waals surface area contributed by atoms with E-state index in [1.54, 1.807) is 66.7 Å². The summed E-state index contributed by atoms with van der Waals surface area (Å²) in [5, 5.41) is 6.11. The summed E-state index contributed by atoms with van der Waals surface area (Å²) in [5.41, 5.74) is 2.32. The lowest BCUT2D eigenvalue weighted by Gasteiger charge is -2.21. The molecule has 1 heterocycles. The third-order valence-electron chi connectivity index (χ3n) is 5.38. The second-order valence-corrected chi connectivity index (χ2v) is 8.21. The van der Waals surface area contributed by atoms with E-state index in [9.17, 15) is 14.4 Å². The van der Waals surface area contributed by atoms with Gasteiger partial charge in [0.15, 0.2) is 0 Å².